The highest BCUT2D eigenvalue weighted by Gasteiger charge is 2.48. The second kappa shape index (κ2) is 1.99. The quantitative estimate of drug-likeness (QED) is 0.483. The molecule has 0 aliphatic carbocycles. The van der Waals surface area contributed by atoms with Crippen molar-refractivity contribution in [3.8, 4) is 0 Å². The average Bonchev–Trinajstić information content (AvgIpc) is 2.00. The molecular formula is C7H15BO2. The molecule has 58 valence electrons. The third kappa shape index (κ3) is 1.08. The largest absolute Gasteiger partial charge is 0.454 e. The van der Waals surface area contributed by atoms with Crippen molar-refractivity contribution in [1.29, 1.82) is 0 Å². The molecule has 1 rings (SSSR count). The van der Waals surface area contributed by atoms with Crippen molar-refractivity contribution in [3.63, 3.8) is 0 Å². The van der Waals surface area contributed by atoms with Crippen LogP contribution in [-0.4, -0.2) is 18.3 Å². The van der Waals surface area contributed by atoms with E-state index in [1.165, 1.54) is 0 Å². The lowest BCUT2D eigenvalue weighted by Crippen LogP contribution is -2.41. The van der Waals surface area contributed by atoms with Crippen LogP contribution in [0.25, 0.3) is 0 Å². The summed E-state index contributed by atoms with van der Waals surface area (Å²) in [5.41, 5.74) is -1.13. The Hall–Kier alpha value is -0.0151. The minimum Gasteiger partial charge on any atom is -0.403 e. The van der Waals surface area contributed by atoms with E-state index in [1.54, 1.807) is 0 Å². The van der Waals surface area contributed by atoms with Crippen LogP contribution in [-0.2, 0) is 9.31 Å². The Morgan fingerprint density at radius 2 is 1.50 bits per heavy atom. The Kier molecular flexibility index (Phi) is 0.949. The van der Waals surface area contributed by atoms with Crippen molar-refractivity contribution in [3.05, 3.63) is 0 Å². The summed E-state index contributed by atoms with van der Waals surface area (Å²) in [7, 11) is -1.10. The zero-order valence-electron chi connectivity index (χ0n) is 9.89. The second-order valence-electron chi connectivity index (χ2n) is 3.59. The lowest BCUT2D eigenvalue weighted by atomic mass is 9.90. The zero-order valence-corrected chi connectivity index (χ0v) is 6.89. The molecule has 10 heavy (non-hydrogen) atoms. The summed E-state index contributed by atoms with van der Waals surface area (Å²) in [6.07, 6.45) is 0. The molecule has 0 spiro atoms. The van der Waals surface area contributed by atoms with Crippen LogP contribution in [0.1, 0.15) is 31.8 Å². The molecular weight excluding hydrogens is 127 g/mol. The molecule has 0 radical (unpaired) electrons. The first kappa shape index (κ1) is 4.78. The van der Waals surface area contributed by atoms with Gasteiger partial charge in [0.1, 0.15) is 0 Å². The third-order valence-electron chi connectivity index (χ3n) is 2.25. The summed E-state index contributed by atoms with van der Waals surface area (Å²) in [4.78, 5) is 0. The summed E-state index contributed by atoms with van der Waals surface area (Å²) >= 11 is 0. The van der Waals surface area contributed by atoms with Gasteiger partial charge in [-0.25, -0.2) is 0 Å². The summed E-state index contributed by atoms with van der Waals surface area (Å²) in [6, 6.07) is 0. The van der Waals surface area contributed by atoms with Gasteiger partial charge < -0.3 is 9.31 Å². The van der Waals surface area contributed by atoms with E-state index < -0.39 is 25.1 Å². The van der Waals surface area contributed by atoms with Gasteiger partial charge in [-0.15, -0.1) is 0 Å². The SMILES string of the molecule is [2H]C([2H])([2H])B1OC(C)(C)C(C)(C)O1. The molecule has 0 aromatic rings. The zero-order chi connectivity index (χ0) is 10.5. The Morgan fingerprint density at radius 3 is 1.70 bits per heavy atom. The summed E-state index contributed by atoms with van der Waals surface area (Å²) in [5.74, 6) is 0. The smallest absolute Gasteiger partial charge is 0.403 e. The van der Waals surface area contributed by atoms with E-state index >= 15 is 0 Å². The van der Waals surface area contributed by atoms with Crippen molar-refractivity contribution in [2.24, 2.45) is 0 Å². The predicted molar refractivity (Wildman–Crippen MR) is 41.9 cm³/mol. The van der Waals surface area contributed by atoms with Gasteiger partial charge in [-0.05, 0) is 34.4 Å². The van der Waals surface area contributed by atoms with Crippen LogP contribution in [0.5, 0.6) is 0 Å². The van der Waals surface area contributed by atoms with Crippen LogP contribution in [0, 0.1) is 0 Å². The summed E-state index contributed by atoms with van der Waals surface area (Å²) in [6.45, 7) is 5.12. The van der Waals surface area contributed by atoms with Gasteiger partial charge in [0.05, 0.1) is 11.2 Å². The van der Waals surface area contributed by atoms with E-state index in [1.807, 2.05) is 27.7 Å². The van der Waals surface area contributed by atoms with E-state index in [4.69, 9.17) is 13.4 Å². The first-order chi connectivity index (χ1) is 5.56. The molecule has 1 heterocycles. The van der Waals surface area contributed by atoms with E-state index in [-0.39, 0.29) is 0 Å². The minimum absolute atomic E-state index is 0.563. The highest BCUT2D eigenvalue weighted by Crippen LogP contribution is 2.36. The molecule has 1 fully saturated rings. The maximum Gasteiger partial charge on any atom is 0.454 e. The number of hydrogen-bond donors (Lipinski definition) is 0. The molecule has 2 nitrogen and oxygen atoms in total. The number of rotatable bonds is 0. The van der Waals surface area contributed by atoms with Crippen LogP contribution >= 0.6 is 0 Å². The Balaban J connectivity index is 2.83. The molecule has 1 saturated heterocycles. The van der Waals surface area contributed by atoms with Crippen LogP contribution in [0.2, 0.25) is 6.75 Å². The van der Waals surface area contributed by atoms with E-state index in [9.17, 15) is 0 Å². The normalized spacial score (nSPS) is 34.8. The van der Waals surface area contributed by atoms with Crippen molar-refractivity contribution in [1.82, 2.24) is 0 Å². The highest BCUT2D eigenvalue weighted by atomic mass is 16.7. The molecule has 0 unspecified atom stereocenters. The first-order valence-electron chi connectivity index (χ1n) is 4.92. The Morgan fingerprint density at radius 1 is 1.10 bits per heavy atom. The van der Waals surface area contributed by atoms with Gasteiger partial charge in [0.15, 0.2) is 0 Å². The van der Waals surface area contributed by atoms with Gasteiger partial charge in [0, 0.05) is 4.11 Å². The maximum atomic E-state index is 7.17. The van der Waals surface area contributed by atoms with Gasteiger partial charge in [0.25, 0.3) is 0 Å². The molecule has 0 saturated carbocycles. The molecule has 1 aliphatic rings. The monoisotopic (exact) mass is 145 g/mol. The number of hydrogen-bond acceptors (Lipinski definition) is 2. The van der Waals surface area contributed by atoms with Crippen LogP contribution in [0.15, 0.2) is 0 Å². The topological polar surface area (TPSA) is 18.5 Å². The molecule has 0 bridgehead atoms. The summed E-state index contributed by atoms with van der Waals surface area (Å²) in [5, 5.41) is 0. The fourth-order valence-corrected chi connectivity index (χ4v) is 0.843. The predicted octanol–water partition coefficient (Wildman–Crippen LogP) is 1.71. The lowest BCUT2D eigenvalue weighted by molar-refractivity contribution is 0.00578. The summed E-state index contributed by atoms with van der Waals surface area (Å²) < 4.78 is 32.2. The van der Waals surface area contributed by atoms with E-state index in [0.717, 1.165) is 0 Å². The van der Waals surface area contributed by atoms with Crippen molar-refractivity contribution in [2.75, 3.05) is 0 Å². The van der Waals surface area contributed by atoms with Crippen LogP contribution in [0.4, 0.5) is 0 Å². The average molecular weight is 145 g/mol. The van der Waals surface area contributed by atoms with Crippen molar-refractivity contribution < 1.29 is 13.4 Å². The second-order valence-corrected chi connectivity index (χ2v) is 3.59. The van der Waals surface area contributed by atoms with Gasteiger partial charge in [0.2, 0.25) is 0 Å². The molecule has 0 amide bonds. The van der Waals surface area contributed by atoms with Gasteiger partial charge in [-0.2, -0.15) is 0 Å². The van der Waals surface area contributed by atoms with Gasteiger partial charge in [-0.1, -0.05) is 0 Å². The highest BCUT2D eigenvalue weighted by molar-refractivity contribution is 6.43. The molecule has 1 aliphatic heterocycles. The molecule has 0 aromatic carbocycles. The molecule has 3 heteroatoms. The molecule has 0 atom stereocenters. The molecule has 0 aromatic heterocycles. The van der Waals surface area contributed by atoms with Gasteiger partial charge in [-0.3, -0.25) is 0 Å². The van der Waals surface area contributed by atoms with E-state index in [0.29, 0.717) is 0 Å². The fraction of sp³-hybridized carbons (Fsp3) is 1.00. The van der Waals surface area contributed by atoms with Crippen LogP contribution < -0.4 is 0 Å². The lowest BCUT2D eigenvalue weighted by Gasteiger charge is -2.32. The third-order valence-corrected chi connectivity index (χ3v) is 2.25. The van der Waals surface area contributed by atoms with E-state index in [2.05, 4.69) is 0 Å². The van der Waals surface area contributed by atoms with Crippen molar-refractivity contribution >= 4 is 7.12 Å². The standard InChI is InChI=1S/C7H15BO2/c1-6(2)7(3,4)10-8(5)9-6/h1-5H3/i5D3. The maximum absolute atomic E-state index is 7.17. The Labute approximate surface area is 67.3 Å². The minimum atomic E-state index is -2.20. The first-order valence-corrected chi connectivity index (χ1v) is 3.42. The fourth-order valence-electron chi connectivity index (χ4n) is 0.843. The van der Waals surface area contributed by atoms with Gasteiger partial charge >= 0.3 is 7.12 Å². The molecule has 0 N–H and O–H groups in total. The van der Waals surface area contributed by atoms with Crippen LogP contribution in [0.3, 0.4) is 0 Å². The van der Waals surface area contributed by atoms with Crippen molar-refractivity contribution in [2.45, 2.75) is 45.6 Å². The Bertz CT molecular complexity index is 196.